The number of hydrogen-bond acceptors (Lipinski definition) is 2. The lowest BCUT2D eigenvalue weighted by Gasteiger charge is -2.24. The third-order valence-electron chi connectivity index (χ3n) is 2.90. The highest BCUT2D eigenvalue weighted by molar-refractivity contribution is 9.10. The Morgan fingerprint density at radius 3 is 2.81 bits per heavy atom. The van der Waals surface area contributed by atoms with Crippen LogP contribution in [0.4, 0.5) is 0 Å². The zero-order valence-corrected chi connectivity index (χ0v) is 11.1. The molecule has 1 aromatic rings. The van der Waals surface area contributed by atoms with E-state index in [-0.39, 0.29) is 18.0 Å². The van der Waals surface area contributed by atoms with Crippen LogP contribution in [0.1, 0.15) is 18.0 Å². The predicted octanol–water partition coefficient (Wildman–Crippen LogP) is 2.33. The minimum absolute atomic E-state index is 0.0635. The Labute approximate surface area is 108 Å². The molecular formula is C11H12BrClN2O. The van der Waals surface area contributed by atoms with Crippen molar-refractivity contribution in [2.45, 2.75) is 18.5 Å². The monoisotopic (exact) mass is 302 g/mol. The zero-order chi connectivity index (χ0) is 11.9. The first-order chi connectivity index (χ1) is 7.50. The van der Waals surface area contributed by atoms with Gasteiger partial charge in [0.05, 0.1) is 6.04 Å². The summed E-state index contributed by atoms with van der Waals surface area (Å²) in [6.07, 6.45) is 0.379. The fourth-order valence-electron chi connectivity index (χ4n) is 2.08. The van der Waals surface area contributed by atoms with Gasteiger partial charge in [0.1, 0.15) is 0 Å². The quantitative estimate of drug-likeness (QED) is 0.865. The van der Waals surface area contributed by atoms with Crippen molar-refractivity contribution in [1.82, 2.24) is 4.90 Å². The number of nitrogens with two attached hydrogens (primary N) is 1. The lowest BCUT2D eigenvalue weighted by Crippen LogP contribution is -2.30. The molecule has 16 heavy (non-hydrogen) atoms. The normalized spacial score (nSPS) is 25.2. The van der Waals surface area contributed by atoms with E-state index >= 15 is 0 Å². The summed E-state index contributed by atoms with van der Waals surface area (Å²) >= 11 is 9.54. The predicted molar refractivity (Wildman–Crippen MR) is 67.3 cm³/mol. The maximum Gasteiger partial charge on any atom is 0.224 e. The number of carbonyl (C=O) groups is 1. The van der Waals surface area contributed by atoms with E-state index in [4.69, 9.17) is 17.3 Å². The molecule has 1 aliphatic heterocycles. The van der Waals surface area contributed by atoms with Crippen molar-refractivity contribution in [2.24, 2.45) is 5.73 Å². The van der Waals surface area contributed by atoms with Crippen molar-refractivity contribution in [3.05, 3.63) is 33.3 Å². The van der Waals surface area contributed by atoms with Crippen LogP contribution in [0.5, 0.6) is 0 Å². The number of carbonyl (C=O) groups excluding carboxylic acids is 1. The molecule has 0 saturated carbocycles. The van der Waals surface area contributed by atoms with Crippen LogP contribution >= 0.6 is 27.5 Å². The highest BCUT2D eigenvalue weighted by Crippen LogP contribution is 2.35. The molecule has 1 saturated heterocycles. The molecule has 2 rings (SSSR count). The Kier molecular flexibility index (Phi) is 3.24. The highest BCUT2D eigenvalue weighted by atomic mass is 79.9. The summed E-state index contributed by atoms with van der Waals surface area (Å²) in [5.74, 6) is 0.0635. The second-order valence-corrected chi connectivity index (χ2v) is 5.31. The number of nitrogens with zero attached hydrogens (tertiary/aromatic N) is 1. The molecule has 1 aliphatic rings. The molecule has 0 spiro atoms. The van der Waals surface area contributed by atoms with E-state index in [1.807, 2.05) is 18.2 Å². The van der Waals surface area contributed by atoms with E-state index < -0.39 is 0 Å². The first-order valence-electron chi connectivity index (χ1n) is 4.97. The minimum Gasteiger partial charge on any atom is -0.337 e. The molecule has 0 radical (unpaired) electrons. The van der Waals surface area contributed by atoms with Gasteiger partial charge < -0.3 is 10.6 Å². The number of likely N-dealkylation sites (tertiary alicyclic amines) is 1. The van der Waals surface area contributed by atoms with Crippen LogP contribution in [0, 0.1) is 0 Å². The molecule has 0 aliphatic carbocycles. The van der Waals surface area contributed by atoms with Crippen molar-refractivity contribution < 1.29 is 4.79 Å². The minimum atomic E-state index is -0.190. The number of amides is 1. The maximum absolute atomic E-state index is 11.6. The second kappa shape index (κ2) is 4.35. The summed E-state index contributed by atoms with van der Waals surface area (Å²) in [6, 6.07) is 5.28. The van der Waals surface area contributed by atoms with Gasteiger partial charge in [-0.1, -0.05) is 27.5 Å². The van der Waals surface area contributed by atoms with Crippen molar-refractivity contribution in [1.29, 1.82) is 0 Å². The second-order valence-electron chi connectivity index (χ2n) is 3.98. The third kappa shape index (κ3) is 1.97. The fraction of sp³-hybridized carbons (Fsp3) is 0.364. The molecule has 2 N–H and O–H groups in total. The number of rotatable bonds is 1. The van der Waals surface area contributed by atoms with Crippen LogP contribution in [0.2, 0.25) is 5.02 Å². The van der Waals surface area contributed by atoms with Crippen LogP contribution in [0.25, 0.3) is 0 Å². The maximum atomic E-state index is 11.6. The SMILES string of the molecule is CN1C(=O)CC(N)C1c1cc(Br)ccc1Cl. The molecule has 0 aromatic heterocycles. The van der Waals surface area contributed by atoms with Crippen LogP contribution in [-0.4, -0.2) is 23.9 Å². The first kappa shape index (κ1) is 11.9. The molecule has 2 atom stereocenters. The Morgan fingerprint density at radius 2 is 2.25 bits per heavy atom. The van der Waals surface area contributed by atoms with Gasteiger partial charge in [-0.3, -0.25) is 4.79 Å². The molecule has 1 heterocycles. The van der Waals surface area contributed by atoms with Crippen LogP contribution in [0.3, 0.4) is 0 Å². The topological polar surface area (TPSA) is 46.3 Å². The van der Waals surface area contributed by atoms with Gasteiger partial charge in [0, 0.05) is 29.0 Å². The molecule has 86 valence electrons. The van der Waals surface area contributed by atoms with Crippen molar-refractivity contribution in [3.63, 3.8) is 0 Å². The molecule has 1 fully saturated rings. The summed E-state index contributed by atoms with van der Waals surface area (Å²) in [4.78, 5) is 13.2. The smallest absolute Gasteiger partial charge is 0.224 e. The van der Waals surface area contributed by atoms with Crippen LogP contribution in [0.15, 0.2) is 22.7 Å². The summed E-state index contributed by atoms with van der Waals surface area (Å²) in [5, 5.41) is 0.644. The number of likely N-dealkylation sites (N-methyl/N-ethyl adjacent to an activating group) is 1. The molecular weight excluding hydrogens is 291 g/mol. The Morgan fingerprint density at radius 1 is 1.56 bits per heavy atom. The average Bonchev–Trinajstić information content (AvgIpc) is 2.46. The van der Waals surface area contributed by atoms with Crippen LogP contribution < -0.4 is 5.73 Å². The molecule has 1 amide bonds. The van der Waals surface area contributed by atoms with Crippen LogP contribution in [-0.2, 0) is 4.79 Å². The van der Waals surface area contributed by atoms with Gasteiger partial charge in [0.2, 0.25) is 5.91 Å². The first-order valence-corrected chi connectivity index (χ1v) is 6.14. The molecule has 0 bridgehead atoms. The standard InChI is InChI=1S/C11H12BrClN2O/c1-15-10(16)5-9(14)11(15)7-4-6(12)2-3-8(7)13/h2-4,9,11H,5,14H2,1H3. The molecule has 5 heteroatoms. The average molecular weight is 304 g/mol. The van der Waals surface area contributed by atoms with Crippen molar-refractivity contribution >= 4 is 33.4 Å². The van der Waals surface area contributed by atoms with Gasteiger partial charge in [-0.15, -0.1) is 0 Å². The fourth-order valence-corrected chi connectivity index (χ4v) is 2.69. The van der Waals surface area contributed by atoms with Crippen molar-refractivity contribution in [3.8, 4) is 0 Å². The van der Waals surface area contributed by atoms with Crippen molar-refractivity contribution in [2.75, 3.05) is 7.05 Å². The highest BCUT2D eigenvalue weighted by Gasteiger charge is 2.37. The summed E-state index contributed by atoms with van der Waals surface area (Å²) < 4.78 is 0.937. The van der Waals surface area contributed by atoms with Gasteiger partial charge in [-0.05, 0) is 23.8 Å². The number of halogens is 2. The Bertz CT molecular complexity index is 438. The van der Waals surface area contributed by atoms with E-state index in [0.717, 1.165) is 10.0 Å². The third-order valence-corrected chi connectivity index (χ3v) is 3.74. The van der Waals surface area contributed by atoms with Gasteiger partial charge in [-0.25, -0.2) is 0 Å². The van der Waals surface area contributed by atoms with Gasteiger partial charge in [0.25, 0.3) is 0 Å². The van der Waals surface area contributed by atoms with E-state index in [2.05, 4.69) is 15.9 Å². The van der Waals surface area contributed by atoms with Gasteiger partial charge >= 0.3 is 0 Å². The lowest BCUT2D eigenvalue weighted by molar-refractivity contribution is -0.127. The summed E-state index contributed by atoms with van der Waals surface area (Å²) in [6.45, 7) is 0. The number of benzene rings is 1. The molecule has 3 nitrogen and oxygen atoms in total. The lowest BCUT2D eigenvalue weighted by atomic mass is 10.0. The molecule has 2 unspecified atom stereocenters. The van der Waals surface area contributed by atoms with E-state index in [1.54, 1.807) is 11.9 Å². The Balaban J connectivity index is 2.43. The van der Waals surface area contributed by atoms with Gasteiger partial charge in [-0.2, -0.15) is 0 Å². The Hall–Kier alpha value is -0.580. The zero-order valence-electron chi connectivity index (χ0n) is 8.78. The van der Waals surface area contributed by atoms with E-state index in [0.29, 0.717) is 11.4 Å². The number of hydrogen-bond donors (Lipinski definition) is 1. The summed E-state index contributed by atoms with van der Waals surface area (Å²) in [7, 11) is 1.76. The van der Waals surface area contributed by atoms with E-state index in [9.17, 15) is 4.79 Å². The van der Waals surface area contributed by atoms with E-state index in [1.165, 1.54) is 0 Å². The summed E-state index contributed by atoms with van der Waals surface area (Å²) in [5.41, 5.74) is 6.87. The largest absolute Gasteiger partial charge is 0.337 e. The molecule has 1 aromatic carbocycles. The van der Waals surface area contributed by atoms with Gasteiger partial charge in [0.15, 0.2) is 0 Å².